The molecule has 0 aliphatic carbocycles. The average molecular weight is 195 g/mol. The highest BCUT2D eigenvalue weighted by Gasteiger charge is 2.11. The maximum atomic E-state index is 11.4. The van der Waals surface area contributed by atoms with Gasteiger partial charge in [0.1, 0.15) is 6.33 Å². The zero-order valence-electron chi connectivity index (χ0n) is 8.30. The molecule has 1 rings (SSSR count). The third-order valence-electron chi connectivity index (χ3n) is 1.77. The molecular formula is C9H13N3O2. The first-order chi connectivity index (χ1) is 6.77. The summed E-state index contributed by atoms with van der Waals surface area (Å²) in [5.41, 5.74) is 0. The lowest BCUT2D eigenvalue weighted by Crippen LogP contribution is -2.33. The second-order valence-corrected chi connectivity index (χ2v) is 2.59. The number of hydrogen-bond acceptors (Lipinski definition) is 4. The molecule has 0 unspecified atom stereocenters. The fourth-order valence-electron chi connectivity index (χ4n) is 0.975. The van der Waals surface area contributed by atoms with Crippen molar-refractivity contribution in [2.75, 3.05) is 13.1 Å². The Kier molecular flexibility index (Phi) is 3.84. The number of amides is 1. The van der Waals surface area contributed by atoms with Gasteiger partial charge in [-0.3, -0.25) is 0 Å². The molecule has 1 heterocycles. The van der Waals surface area contributed by atoms with E-state index >= 15 is 0 Å². The van der Waals surface area contributed by atoms with Crippen LogP contribution >= 0.6 is 0 Å². The van der Waals surface area contributed by atoms with E-state index in [1.807, 2.05) is 13.8 Å². The summed E-state index contributed by atoms with van der Waals surface area (Å²) in [5.74, 6) is 0.275. The zero-order chi connectivity index (χ0) is 10.4. The van der Waals surface area contributed by atoms with Crippen LogP contribution in [0.25, 0.3) is 0 Å². The first-order valence-corrected chi connectivity index (χ1v) is 4.50. The number of nitrogens with zero attached hydrogens (tertiary/aromatic N) is 3. The molecule has 1 aromatic rings. The molecule has 0 saturated heterocycles. The van der Waals surface area contributed by atoms with Crippen molar-refractivity contribution < 1.29 is 9.53 Å². The minimum atomic E-state index is -0.381. The Balaban J connectivity index is 2.57. The first kappa shape index (κ1) is 10.4. The molecule has 1 aromatic heterocycles. The number of ether oxygens (including phenoxy) is 1. The highest BCUT2D eigenvalue weighted by Crippen LogP contribution is 2.04. The maximum Gasteiger partial charge on any atom is 0.416 e. The van der Waals surface area contributed by atoms with Gasteiger partial charge in [0, 0.05) is 25.4 Å². The smallest absolute Gasteiger partial charge is 0.391 e. The summed E-state index contributed by atoms with van der Waals surface area (Å²) in [7, 11) is 0. The van der Waals surface area contributed by atoms with Crippen molar-refractivity contribution in [1.82, 2.24) is 14.9 Å². The van der Waals surface area contributed by atoms with Gasteiger partial charge in [0.15, 0.2) is 0 Å². The molecule has 5 nitrogen and oxygen atoms in total. The zero-order valence-corrected chi connectivity index (χ0v) is 8.30. The van der Waals surface area contributed by atoms with Crippen LogP contribution in [0.4, 0.5) is 4.79 Å². The summed E-state index contributed by atoms with van der Waals surface area (Å²) in [6.45, 7) is 5.04. The number of carbonyl (C=O) groups excluding carboxylic acids is 1. The molecule has 0 bridgehead atoms. The van der Waals surface area contributed by atoms with Gasteiger partial charge in [-0.25, -0.2) is 14.8 Å². The van der Waals surface area contributed by atoms with E-state index in [2.05, 4.69) is 9.97 Å². The Morgan fingerprint density at radius 2 is 2.21 bits per heavy atom. The Bertz CT molecular complexity index is 285. The van der Waals surface area contributed by atoms with Crippen molar-refractivity contribution in [3.63, 3.8) is 0 Å². The van der Waals surface area contributed by atoms with Crippen molar-refractivity contribution in [2.45, 2.75) is 13.8 Å². The van der Waals surface area contributed by atoms with Crippen LogP contribution in [0.15, 0.2) is 18.6 Å². The van der Waals surface area contributed by atoms with Crippen LogP contribution < -0.4 is 4.74 Å². The van der Waals surface area contributed by atoms with Crippen molar-refractivity contribution in [3.05, 3.63) is 18.6 Å². The van der Waals surface area contributed by atoms with Crippen LogP contribution in [0.5, 0.6) is 5.88 Å². The predicted octanol–water partition coefficient (Wildman–Crippen LogP) is 1.32. The van der Waals surface area contributed by atoms with Crippen LogP contribution in [-0.2, 0) is 0 Å². The quantitative estimate of drug-likeness (QED) is 0.729. The highest BCUT2D eigenvalue weighted by molar-refractivity contribution is 5.69. The second-order valence-electron chi connectivity index (χ2n) is 2.59. The Morgan fingerprint density at radius 3 is 2.71 bits per heavy atom. The topological polar surface area (TPSA) is 55.3 Å². The Labute approximate surface area is 82.7 Å². The number of rotatable bonds is 3. The molecule has 0 atom stereocenters. The summed E-state index contributed by atoms with van der Waals surface area (Å²) >= 11 is 0. The van der Waals surface area contributed by atoms with Crippen molar-refractivity contribution in [3.8, 4) is 5.88 Å². The number of aromatic nitrogens is 2. The highest BCUT2D eigenvalue weighted by atomic mass is 16.6. The van der Waals surface area contributed by atoms with Crippen LogP contribution in [0.2, 0.25) is 0 Å². The van der Waals surface area contributed by atoms with Gasteiger partial charge in [0.25, 0.3) is 0 Å². The molecule has 0 aliphatic heterocycles. The van der Waals surface area contributed by atoms with E-state index in [9.17, 15) is 4.79 Å². The van der Waals surface area contributed by atoms with Gasteiger partial charge in [-0.15, -0.1) is 0 Å². The third-order valence-corrected chi connectivity index (χ3v) is 1.77. The fraction of sp³-hybridized carbons (Fsp3) is 0.444. The van der Waals surface area contributed by atoms with E-state index < -0.39 is 0 Å². The SMILES string of the molecule is CCN(CC)C(=O)Oc1ccncn1. The molecule has 0 aromatic carbocycles. The molecule has 0 saturated carbocycles. The van der Waals surface area contributed by atoms with Crippen LogP contribution in [0.3, 0.4) is 0 Å². The van der Waals surface area contributed by atoms with Gasteiger partial charge < -0.3 is 9.64 Å². The molecule has 14 heavy (non-hydrogen) atoms. The maximum absolute atomic E-state index is 11.4. The van der Waals surface area contributed by atoms with E-state index in [1.54, 1.807) is 11.0 Å². The van der Waals surface area contributed by atoms with Gasteiger partial charge >= 0.3 is 6.09 Å². The van der Waals surface area contributed by atoms with Crippen molar-refractivity contribution in [2.24, 2.45) is 0 Å². The molecular weight excluding hydrogens is 182 g/mol. The standard InChI is InChI=1S/C9H13N3O2/c1-3-12(4-2)9(13)14-8-5-6-10-7-11-8/h5-7H,3-4H2,1-2H3. The number of hydrogen-bond donors (Lipinski definition) is 0. The minimum absolute atomic E-state index is 0.275. The van der Waals surface area contributed by atoms with Gasteiger partial charge in [-0.1, -0.05) is 0 Å². The summed E-state index contributed by atoms with van der Waals surface area (Å²) in [6, 6.07) is 1.54. The molecule has 5 heteroatoms. The summed E-state index contributed by atoms with van der Waals surface area (Å²) < 4.78 is 4.99. The summed E-state index contributed by atoms with van der Waals surface area (Å²) in [4.78, 5) is 20.5. The third kappa shape index (κ3) is 2.69. The lowest BCUT2D eigenvalue weighted by Gasteiger charge is -2.16. The lowest BCUT2D eigenvalue weighted by atomic mass is 10.5. The van der Waals surface area contributed by atoms with E-state index in [1.165, 1.54) is 12.5 Å². The van der Waals surface area contributed by atoms with Crippen LogP contribution in [-0.4, -0.2) is 34.1 Å². The average Bonchev–Trinajstić information content (AvgIpc) is 2.21. The monoisotopic (exact) mass is 195 g/mol. The van der Waals surface area contributed by atoms with Gasteiger partial charge in [0.2, 0.25) is 5.88 Å². The first-order valence-electron chi connectivity index (χ1n) is 4.50. The van der Waals surface area contributed by atoms with Gasteiger partial charge in [-0.2, -0.15) is 0 Å². The van der Waals surface area contributed by atoms with E-state index in [4.69, 9.17) is 4.74 Å². The summed E-state index contributed by atoms with van der Waals surface area (Å²) in [6.07, 6.45) is 2.48. The van der Waals surface area contributed by atoms with Crippen LogP contribution in [0.1, 0.15) is 13.8 Å². The number of carbonyl (C=O) groups is 1. The summed E-state index contributed by atoms with van der Waals surface area (Å²) in [5, 5.41) is 0. The Hall–Kier alpha value is -1.65. The molecule has 0 spiro atoms. The molecule has 1 amide bonds. The molecule has 0 N–H and O–H groups in total. The predicted molar refractivity (Wildman–Crippen MR) is 51.0 cm³/mol. The molecule has 0 radical (unpaired) electrons. The normalized spacial score (nSPS) is 9.57. The lowest BCUT2D eigenvalue weighted by molar-refractivity contribution is 0.155. The van der Waals surface area contributed by atoms with E-state index in [0.29, 0.717) is 13.1 Å². The largest absolute Gasteiger partial charge is 0.416 e. The van der Waals surface area contributed by atoms with Crippen LogP contribution in [0, 0.1) is 0 Å². The van der Waals surface area contributed by atoms with Crippen molar-refractivity contribution in [1.29, 1.82) is 0 Å². The van der Waals surface area contributed by atoms with Gasteiger partial charge in [0.05, 0.1) is 0 Å². The molecule has 0 fully saturated rings. The van der Waals surface area contributed by atoms with Crippen molar-refractivity contribution >= 4 is 6.09 Å². The second kappa shape index (κ2) is 5.16. The molecule has 76 valence electrons. The fourth-order valence-corrected chi connectivity index (χ4v) is 0.975. The molecule has 0 aliphatic rings. The van der Waals surface area contributed by atoms with E-state index in [0.717, 1.165) is 0 Å². The van der Waals surface area contributed by atoms with E-state index in [-0.39, 0.29) is 12.0 Å². The van der Waals surface area contributed by atoms with Gasteiger partial charge in [-0.05, 0) is 13.8 Å². The Morgan fingerprint density at radius 1 is 1.50 bits per heavy atom. The minimum Gasteiger partial charge on any atom is -0.391 e.